The number of hydrogen-bond donors (Lipinski definition) is 0. The number of quaternary nitrogens is 2. The Morgan fingerprint density at radius 3 is 1.36 bits per heavy atom. The van der Waals surface area contributed by atoms with Crippen LogP contribution in [-0.4, -0.2) is 132 Å². The number of Topliss-reactive ketones (excluding diaryl/α,β-unsaturated/α-hetero) is 2. The maximum atomic E-state index is 13.0. The topological polar surface area (TPSA) is 159 Å². The Balaban J connectivity index is 0.000000492. The molecule has 18 heteroatoms. The fourth-order valence-electron chi connectivity index (χ4n) is 6.04. The molecule has 0 bridgehead atoms. The SMILES string of the molecule is CCOP(=O)(OCC)Oc1ccc([N+](=O)[O-])cc1.C[N+](C)(CC(=O)c1ccc(-c2ccc(C(=O)C[N+](C)(C)CC3OCCCO3)cc2)cc1)CC1OCCCO1.[Br-].[Br-]. The highest BCUT2D eigenvalue weighted by Gasteiger charge is 2.30. The summed E-state index contributed by atoms with van der Waals surface area (Å²) in [4.78, 5) is 35.8. The maximum Gasteiger partial charge on any atom is 0.530 e. The highest BCUT2D eigenvalue weighted by molar-refractivity contribution is 7.48. The lowest BCUT2D eigenvalue weighted by atomic mass is 10.00. The van der Waals surface area contributed by atoms with Crippen LogP contribution in [0.4, 0.5) is 5.69 Å². The fraction of sp³-hybridized carbons (Fsp3) is 0.500. The van der Waals surface area contributed by atoms with Crippen LogP contribution < -0.4 is 38.5 Å². The largest absolute Gasteiger partial charge is 1.00 e. The number of hydrogen-bond acceptors (Lipinski definition) is 12. The quantitative estimate of drug-likeness (QED) is 0.0575. The third-order valence-corrected chi connectivity index (χ3v) is 10.4. The van der Waals surface area contributed by atoms with Crippen LogP contribution in [0.3, 0.4) is 0 Å². The van der Waals surface area contributed by atoms with Gasteiger partial charge in [-0.15, -0.1) is 0 Å². The van der Waals surface area contributed by atoms with Crippen LogP contribution in [0, 0.1) is 10.1 Å². The van der Waals surface area contributed by atoms with Gasteiger partial charge in [0.15, 0.2) is 0 Å². The van der Waals surface area contributed by atoms with Crippen molar-refractivity contribution in [3.05, 3.63) is 94.0 Å². The van der Waals surface area contributed by atoms with Gasteiger partial charge in [-0.25, -0.2) is 4.57 Å². The molecule has 58 heavy (non-hydrogen) atoms. The number of phosphoric acid groups is 1. The number of ketones is 2. The van der Waals surface area contributed by atoms with Crippen LogP contribution in [0.5, 0.6) is 5.75 Å². The number of likely N-dealkylation sites (N-methyl/N-ethyl adjacent to an activating group) is 2. The molecular formula is C40H56Br2N3O12P. The minimum Gasteiger partial charge on any atom is -1.00 e. The van der Waals surface area contributed by atoms with Crippen LogP contribution in [0.1, 0.15) is 47.4 Å². The average Bonchev–Trinajstić information content (AvgIpc) is 3.15. The molecule has 3 aromatic carbocycles. The highest BCUT2D eigenvalue weighted by atomic mass is 79.9. The first kappa shape index (κ1) is 51.2. The Bertz CT molecular complexity index is 1670. The monoisotopic (exact) mass is 959 g/mol. The molecule has 0 radical (unpaired) electrons. The van der Waals surface area contributed by atoms with E-state index in [0.29, 0.717) is 72.7 Å². The van der Waals surface area contributed by atoms with E-state index in [4.69, 9.17) is 32.5 Å². The van der Waals surface area contributed by atoms with Crippen molar-refractivity contribution in [2.24, 2.45) is 0 Å². The van der Waals surface area contributed by atoms with Crippen molar-refractivity contribution < 1.29 is 94.5 Å². The molecule has 0 unspecified atom stereocenters. The van der Waals surface area contributed by atoms with Gasteiger partial charge in [-0.1, -0.05) is 48.5 Å². The lowest BCUT2D eigenvalue weighted by molar-refractivity contribution is -0.888. The van der Waals surface area contributed by atoms with Gasteiger partial charge in [0.1, 0.15) is 31.9 Å². The van der Waals surface area contributed by atoms with Crippen molar-refractivity contribution in [2.45, 2.75) is 39.3 Å². The standard InChI is InChI=1S/C30H42N2O6.C10H14NO6P.2BrH/c1-31(2,21-29-35-15-5-16-36-29)19-27(33)25-11-7-23(8-12-25)24-9-13-26(14-10-24)28(34)20-32(3,4)22-30-37-17-6-18-38-30;1-3-15-18(14,16-4-2)17-10-7-5-9(6-8-10)11(12)13;;/h7-14,29-30H,5-6,15-22H2,1-4H3;5-8H,3-4H2,1-2H3;2*1H/q+2;;;/p-2. The van der Waals surface area contributed by atoms with E-state index in [1.54, 1.807) is 13.8 Å². The van der Waals surface area contributed by atoms with Crippen molar-refractivity contribution in [3.63, 3.8) is 0 Å². The first-order valence-electron chi connectivity index (χ1n) is 18.8. The van der Waals surface area contributed by atoms with Crippen molar-refractivity contribution >= 4 is 25.1 Å². The molecule has 0 aliphatic carbocycles. The molecule has 0 amide bonds. The number of non-ortho nitro benzene ring substituents is 1. The third-order valence-electron chi connectivity index (χ3n) is 8.81. The molecule has 0 atom stereocenters. The molecule has 322 valence electrons. The van der Waals surface area contributed by atoms with Crippen LogP contribution in [0.2, 0.25) is 0 Å². The van der Waals surface area contributed by atoms with E-state index in [1.165, 1.54) is 24.3 Å². The van der Waals surface area contributed by atoms with E-state index >= 15 is 0 Å². The molecule has 2 saturated heterocycles. The first-order valence-corrected chi connectivity index (χ1v) is 20.3. The molecular weight excluding hydrogens is 905 g/mol. The zero-order chi connectivity index (χ0) is 40.8. The number of halogens is 2. The van der Waals surface area contributed by atoms with Crippen molar-refractivity contribution in [2.75, 3.05) is 94.0 Å². The van der Waals surface area contributed by atoms with Gasteiger partial charge in [0.2, 0.25) is 24.1 Å². The number of nitro benzene ring substituents is 1. The first-order chi connectivity index (χ1) is 26.6. The Morgan fingerprint density at radius 1 is 0.672 bits per heavy atom. The molecule has 3 aromatic rings. The zero-order valence-corrected chi connectivity index (χ0v) is 38.1. The number of phosphoric ester groups is 1. The molecule has 5 rings (SSSR count). The summed E-state index contributed by atoms with van der Waals surface area (Å²) < 4.78 is 50.6. The number of nitrogens with zero attached hydrogens (tertiary/aromatic N) is 3. The summed E-state index contributed by atoms with van der Waals surface area (Å²) in [6.45, 7) is 8.48. The summed E-state index contributed by atoms with van der Waals surface area (Å²) in [5.74, 6) is 0.358. The van der Waals surface area contributed by atoms with Crippen molar-refractivity contribution in [3.8, 4) is 16.9 Å². The minimum atomic E-state index is -3.65. The van der Waals surface area contributed by atoms with Crippen LogP contribution in [0.15, 0.2) is 72.8 Å². The van der Waals surface area contributed by atoms with Crippen molar-refractivity contribution in [1.29, 1.82) is 0 Å². The molecule has 2 heterocycles. The van der Waals surface area contributed by atoms with Crippen LogP contribution in [-0.2, 0) is 32.6 Å². The second-order valence-corrected chi connectivity index (χ2v) is 16.3. The number of rotatable bonds is 18. The molecule has 2 fully saturated rings. The van der Waals surface area contributed by atoms with Gasteiger partial charge < -0.3 is 66.4 Å². The summed E-state index contributed by atoms with van der Waals surface area (Å²) >= 11 is 0. The van der Waals surface area contributed by atoms with Gasteiger partial charge in [-0.3, -0.25) is 28.8 Å². The number of carbonyl (C=O) groups excluding carboxylic acids is 2. The van der Waals surface area contributed by atoms with Crippen LogP contribution >= 0.6 is 7.82 Å². The molecule has 15 nitrogen and oxygen atoms in total. The Kier molecular flexibility index (Phi) is 21.5. The molecule has 2 aliphatic rings. The maximum absolute atomic E-state index is 13.0. The minimum absolute atomic E-state index is 0. The molecule has 2 aliphatic heterocycles. The lowest BCUT2D eigenvalue weighted by Crippen LogP contribution is -3.00. The van der Waals surface area contributed by atoms with E-state index < -0.39 is 12.7 Å². The van der Waals surface area contributed by atoms with Gasteiger partial charge in [-0.05, 0) is 49.9 Å². The molecule has 0 aromatic heterocycles. The average molecular weight is 962 g/mol. The lowest BCUT2D eigenvalue weighted by Gasteiger charge is -2.34. The Labute approximate surface area is 362 Å². The molecule has 0 spiro atoms. The number of ether oxygens (including phenoxy) is 4. The van der Waals surface area contributed by atoms with E-state index in [9.17, 15) is 24.3 Å². The van der Waals surface area contributed by atoms with E-state index in [1.807, 2.05) is 76.7 Å². The van der Waals surface area contributed by atoms with E-state index in [0.717, 1.165) is 24.0 Å². The molecule has 0 saturated carbocycles. The predicted octanol–water partition coefficient (Wildman–Crippen LogP) is 0.561. The zero-order valence-electron chi connectivity index (χ0n) is 34.0. The second kappa shape index (κ2) is 24.4. The summed E-state index contributed by atoms with van der Waals surface area (Å²) in [6.07, 6.45) is 1.32. The fourth-order valence-corrected chi connectivity index (χ4v) is 7.23. The highest BCUT2D eigenvalue weighted by Crippen LogP contribution is 2.49. The Hall–Kier alpha value is -2.93. The summed E-state index contributed by atoms with van der Waals surface area (Å²) in [7, 11) is 4.44. The Morgan fingerprint density at radius 2 is 1.03 bits per heavy atom. The van der Waals surface area contributed by atoms with Gasteiger partial charge in [0.25, 0.3) is 5.69 Å². The van der Waals surface area contributed by atoms with Gasteiger partial charge in [-0.2, -0.15) is 0 Å². The normalized spacial score (nSPS) is 15.2. The smallest absolute Gasteiger partial charge is 0.530 e. The molecule has 0 N–H and O–H groups in total. The summed E-state index contributed by atoms with van der Waals surface area (Å²) in [5, 5.41) is 10.5. The second-order valence-electron chi connectivity index (χ2n) is 14.7. The van der Waals surface area contributed by atoms with Crippen LogP contribution in [0.25, 0.3) is 11.1 Å². The number of carbonyl (C=O) groups is 2. The third kappa shape index (κ3) is 17.0. The van der Waals surface area contributed by atoms with Gasteiger partial charge in [0.05, 0.1) is 72.8 Å². The number of benzene rings is 3. The predicted molar refractivity (Wildman–Crippen MR) is 209 cm³/mol. The van der Waals surface area contributed by atoms with Crippen molar-refractivity contribution in [1.82, 2.24) is 0 Å². The summed E-state index contributed by atoms with van der Waals surface area (Å²) in [6, 6.07) is 20.5. The van der Waals surface area contributed by atoms with E-state index in [-0.39, 0.29) is 82.8 Å². The van der Waals surface area contributed by atoms with E-state index in [2.05, 4.69) is 0 Å². The van der Waals surface area contributed by atoms with Gasteiger partial charge >= 0.3 is 7.82 Å². The van der Waals surface area contributed by atoms with Gasteiger partial charge in [0, 0.05) is 23.3 Å². The summed E-state index contributed by atoms with van der Waals surface area (Å²) in [5.41, 5.74) is 3.29. The number of nitro groups is 1.